The average Bonchev–Trinajstić information content (AvgIpc) is 3.28. The third kappa shape index (κ3) is 5.28. The van der Waals surface area contributed by atoms with Crippen molar-refractivity contribution in [3.63, 3.8) is 0 Å². The maximum atomic E-state index is 12.9. The van der Waals surface area contributed by atoms with Crippen LogP contribution in [0.1, 0.15) is 47.3 Å². The minimum Gasteiger partial charge on any atom is -0.443 e. The highest BCUT2D eigenvalue weighted by molar-refractivity contribution is 5.91. The molecule has 1 aliphatic rings. The molecule has 0 aliphatic carbocycles. The van der Waals surface area contributed by atoms with Gasteiger partial charge in [-0.25, -0.2) is 0 Å². The maximum absolute atomic E-state index is 12.9. The minimum atomic E-state index is -1.11. The molecule has 2 heterocycles. The second kappa shape index (κ2) is 9.44. The summed E-state index contributed by atoms with van der Waals surface area (Å²) >= 11 is 0. The fraction of sp³-hybridized carbons (Fsp3) is 0.296. The molecule has 0 spiro atoms. The second-order valence-electron chi connectivity index (χ2n) is 8.52. The Morgan fingerprint density at radius 1 is 0.906 bits per heavy atom. The van der Waals surface area contributed by atoms with Crippen LogP contribution in [-0.2, 0) is 0 Å². The fourth-order valence-electron chi connectivity index (χ4n) is 3.96. The van der Waals surface area contributed by atoms with Crippen molar-refractivity contribution in [3.8, 4) is 11.8 Å². The first-order chi connectivity index (χ1) is 15.4. The lowest BCUT2D eigenvalue weighted by Gasteiger charge is -2.39. The number of hydrogen-bond acceptors (Lipinski definition) is 4. The molecule has 5 heteroatoms. The Bertz CT molecular complexity index is 1060. The number of hydrogen-bond donors (Lipinski definition) is 1. The molecular weight excluding hydrogens is 400 g/mol. The monoisotopic (exact) mass is 428 g/mol. The molecule has 1 N–H and O–H groups in total. The van der Waals surface area contributed by atoms with E-state index in [0.29, 0.717) is 18.8 Å². The zero-order valence-electron chi connectivity index (χ0n) is 18.5. The van der Waals surface area contributed by atoms with Crippen molar-refractivity contribution in [1.29, 1.82) is 0 Å². The lowest BCUT2D eigenvalue weighted by atomic mass is 9.96. The van der Waals surface area contributed by atoms with Gasteiger partial charge in [-0.15, -0.1) is 0 Å². The second-order valence-corrected chi connectivity index (χ2v) is 8.52. The van der Waals surface area contributed by atoms with E-state index < -0.39 is 5.60 Å². The number of furan rings is 1. The van der Waals surface area contributed by atoms with Crippen LogP contribution in [0, 0.1) is 11.8 Å². The summed E-state index contributed by atoms with van der Waals surface area (Å²) in [6.45, 7) is 6.00. The van der Waals surface area contributed by atoms with Gasteiger partial charge in [-0.1, -0.05) is 66.6 Å². The van der Waals surface area contributed by atoms with E-state index in [1.165, 1.54) is 11.1 Å². The first-order valence-corrected chi connectivity index (χ1v) is 10.9. The summed E-state index contributed by atoms with van der Waals surface area (Å²) in [5, 5.41) is 9.74. The van der Waals surface area contributed by atoms with Crippen molar-refractivity contribution in [1.82, 2.24) is 9.80 Å². The van der Waals surface area contributed by atoms with E-state index in [9.17, 15) is 9.90 Å². The molecule has 0 bridgehead atoms. The van der Waals surface area contributed by atoms with Crippen LogP contribution in [0.15, 0.2) is 77.2 Å². The summed E-state index contributed by atoms with van der Waals surface area (Å²) in [7, 11) is 0. The Morgan fingerprint density at radius 2 is 1.47 bits per heavy atom. The van der Waals surface area contributed by atoms with Crippen LogP contribution in [0.4, 0.5) is 0 Å². The normalized spacial score (nSPS) is 14.8. The van der Waals surface area contributed by atoms with Crippen molar-refractivity contribution >= 4 is 5.91 Å². The molecule has 1 aromatic heterocycles. The smallest absolute Gasteiger partial charge is 0.289 e. The third-order valence-corrected chi connectivity index (χ3v) is 5.51. The van der Waals surface area contributed by atoms with Crippen molar-refractivity contribution in [2.24, 2.45) is 0 Å². The molecule has 0 unspecified atom stereocenters. The largest absolute Gasteiger partial charge is 0.443 e. The summed E-state index contributed by atoms with van der Waals surface area (Å²) in [4.78, 5) is 17.2. The van der Waals surface area contributed by atoms with Crippen LogP contribution in [0.2, 0.25) is 0 Å². The highest BCUT2D eigenvalue weighted by Crippen LogP contribution is 2.29. The van der Waals surface area contributed by atoms with E-state index in [1.807, 2.05) is 17.0 Å². The van der Waals surface area contributed by atoms with E-state index in [1.54, 1.807) is 26.0 Å². The van der Waals surface area contributed by atoms with Crippen LogP contribution in [-0.4, -0.2) is 52.6 Å². The molecule has 3 aromatic rings. The van der Waals surface area contributed by atoms with Gasteiger partial charge in [-0.3, -0.25) is 9.69 Å². The molecule has 1 aliphatic heterocycles. The number of amides is 1. The van der Waals surface area contributed by atoms with Crippen LogP contribution in [0.25, 0.3) is 0 Å². The molecule has 5 nitrogen and oxygen atoms in total. The molecule has 1 fully saturated rings. The van der Waals surface area contributed by atoms with Gasteiger partial charge in [0.2, 0.25) is 0 Å². The molecule has 4 rings (SSSR count). The van der Waals surface area contributed by atoms with Crippen molar-refractivity contribution in [3.05, 3.63) is 95.4 Å². The van der Waals surface area contributed by atoms with E-state index in [0.717, 1.165) is 13.1 Å². The summed E-state index contributed by atoms with van der Waals surface area (Å²) in [5.74, 6) is 6.00. The zero-order chi connectivity index (χ0) is 22.6. The number of aliphatic hydroxyl groups is 1. The van der Waals surface area contributed by atoms with E-state index >= 15 is 0 Å². The Hall–Kier alpha value is -3.33. The van der Waals surface area contributed by atoms with Gasteiger partial charge in [-0.05, 0) is 43.0 Å². The standard InChI is InChI=1S/C27H28N2O3/c1-27(2,31)16-15-23-13-14-24(32-23)26(30)29-19-17-28(18-20-29)25(21-9-5-3-6-10-21)22-11-7-4-8-12-22/h3-14,25,31H,17-20H2,1-2H3. The molecule has 1 saturated heterocycles. The van der Waals surface area contributed by atoms with Crippen LogP contribution in [0.3, 0.4) is 0 Å². The molecule has 0 radical (unpaired) electrons. The highest BCUT2D eigenvalue weighted by atomic mass is 16.4. The van der Waals surface area contributed by atoms with Gasteiger partial charge < -0.3 is 14.4 Å². The molecule has 0 saturated carbocycles. The van der Waals surface area contributed by atoms with Gasteiger partial charge in [0.05, 0.1) is 6.04 Å². The van der Waals surface area contributed by atoms with Gasteiger partial charge >= 0.3 is 0 Å². The highest BCUT2D eigenvalue weighted by Gasteiger charge is 2.29. The van der Waals surface area contributed by atoms with Crippen LogP contribution >= 0.6 is 0 Å². The van der Waals surface area contributed by atoms with E-state index in [4.69, 9.17) is 4.42 Å². The van der Waals surface area contributed by atoms with Crippen LogP contribution in [0.5, 0.6) is 0 Å². The predicted molar refractivity (Wildman–Crippen MR) is 124 cm³/mol. The Morgan fingerprint density at radius 3 is 2.00 bits per heavy atom. The first kappa shape index (κ1) is 21.9. The first-order valence-electron chi connectivity index (χ1n) is 10.9. The molecule has 164 valence electrons. The molecular formula is C27H28N2O3. The van der Waals surface area contributed by atoms with E-state index in [2.05, 4.69) is 65.3 Å². The Balaban J connectivity index is 1.45. The molecule has 0 atom stereocenters. The van der Waals surface area contributed by atoms with Crippen molar-refractivity contribution < 1.29 is 14.3 Å². The number of rotatable bonds is 4. The van der Waals surface area contributed by atoms with Crippen LogP contribution < -0.4 is 0 Å². The summed E-state index contributed by atoms with van der Waals surface area (Å²) in [6.07, 6.45) is 0. The Kier molecular flexibility index (Phi) is 6.45. The maximum Gasteiger partial charge on any atom is 0.289 e. The van der Waals surface area contributed by atoms with E-state index in [-0.39, 0.29) is 17.7 Å². The summed E-state index contributed by atoms with van der Waals surface area (Å²) in [5.41, 5.74) is 1.39. The van der Waals surface area contributed by atoms with Gasteiger partial charge in [0, 0.05) is 26.2 Å². The number of carbonyl (C=O) groups excluding carboxylic acids is 1. The predicted octanol–water partition coefficient (Wildman–Crippen LogP) is 3.95. The van der Waals surface area contributed by atoms with Crippen molar-refractivity contribution in [2.75, 3.05) is 26.2 Å². The average molecular weight is 429 g/mol. The quantitative estimate of drug-likeness (QED) is 0.640. The lowest BCUT2D eigenvalue weighted by molar-refractivity contribution is 0.0567. The molecule has 1 amide bonds. The fourth-order valence-corrected chi connectivity index (χ4v) is 3.96. The minimum absolute atomic E-state index is 0.128. The number of benzene rings is 2. The van der Waals surface area contributed by atoms with Gasteiger partial charge in [0.1, 0.15) is 5.60 Å². The SMILES string of the molecule is CC(C)(O)C#Cc1ccc(C(=O)N2CCN(C(c3ccccc3)c3ccccc3)CC2)o1. The topological polar surface area (TPSA) is 56.9 Å². The van der Waals surface area contributed by atoms with Gasteiger partial charge in [-0.2, -0.15) is 0 Å². The molecule has 32 heavy (non-hydrogen) atoms. The number of piperazine rings is 1. The van der Waals surface area contributed by atoms with Crippen molar-refractivity contribution in [2.45, 2.75) is 25.5 Å². The summed E-state index contributed by atoms with van der Waals surface area (Å²) < 4.78 is 5.62. The zero-order valence-corrected chi connectivity index (χ0v) is 18.5. The lowest BCUT2D eigenvalue weighted by Crippen LogP contribution is -2.49. The number of nitrogens with zero attached hydrogens (tertiary/aromatic N) is 2. The number of carbonyl (C=O) groups is 1. The Labute approximate surface area is 189 Å². The van der Waals surface area contributed by atoms with Gasteiger partial charge in [0.25, 0.3) is 5.91 Å². The van der Waals surface area contributed by atoms with Gasteiger partial charge in [0.15, 0.2) is 11.5 Å². The molecule has 2 aromatic carbocycles. The third-order valence-electron chi connectivity index (χ3n) is 5.51. The summed E-state index contributed by atoms with van der Waals surface area (Å²) in [6, 6.07) is 24.5.